The van der Waals surface area contributed by atoms with Crippen LogP contribution in [-0.4, -0.2) is 19.5 Å². The quantitative estimate of drug-likeness (QED) is 0.437. The molecule has 22 heavy (non-hydrogen) atoms. The zero-order chi connectivity index (χ0) is 14.5. The zero-order valence-electron chi connectivity index (χ0n) is 11.8. The Balaban J connectivity index is 1.95. The average molecular weight is 284 g/mol. The lowest BCUT2D eigenvalue weighted by molar-refractivity contribution is 0.840. The number of hydrogen-bond donors (Lipinski definition) is 0. The van der Waals surface area contributed by atoms with Crippen LogP contribution in [0.4, 0.5) is 0 Å². The van der Waals surface area contributed by atoms with E-state index in [1.165, 1.54) is 16.7 Å². The molecule has 0 unspecified atom stereocenters. The van der Waals surface area contributed by atoms with E-state index in [-0.39, 0.29) is 0 Å². The summed E-state index contributed by atoms with van der Waals surface area (Å²) in [6, 6.07) is 17.0. The molecule has 0 atom stereocenters. The monoisotopic (exact) mass is 284 g/mol. The van der Waals surface area contributed by atoms with E-state index in [1.807, 2.05) is 6.20 Å². The van der Waals surface area contributed by atoms with Gasteiger partial charge in [0.25, 0.3) is 0 Å². The molecule has 4 nitrogen and oxygen atoms in total. The Hall–Kier alpha value is -3.01. The topological polar surface area (TPSA) is 43.6 Å². The Bertz CT molecular complexity index is 1020. The Labute approximate surface area is 127 Å². The van der Waals surface area contributed by atoms with Gasteiger partial charge in [0.1, 0.15) is 17.7 Å². The van der Waals surface area contributed by atoms with Crippen molar-refractivity contribution in [2.24, 2.45) is 0 Å². The highest BCUT2D eigenvalue weighted by atomic mass is 15.1. The lowest BCUT2D eigenvalue weighted by atomic mass is 9.96. The lowest BCUT2D eigenvalue weighted by Crippen LogP contribution is -2.00. The van der Waals surface area contributed by atoms with Crippen LogP contribution in [0.5, 0.6) is 0 Å². The van der Waals surface area contributed by atoms with Gasteiger partial charge in [0.2, 0.25) is 0 Å². The molecule has 3 heterocycles. The maximum absolute atomic E-state index is 4.75. The van der Waals surface area contributed by atoms with Crippen LogP contribution in [0.15, 0.2) is 61.1 Å². The molecule has 2 aromatic heterocycles. The summed E-state index contributed by atoms with van der Waals surface area (Å²) in [4.78, 5) is 13.2. The molecule has 104 valence electrons. The van der Waals surface area contributed by atoms with Crippen LogP contribution in [0.2, 0.25) is 0 Å². The summed E-state index contributed by atoms with van der Waals surface area (Å²) in [7, 11) is 0. The van der Waals surface area contributed by atoms with Crippen molar-refractivity contribution >= 4 is 11.2 Å². The Morgan fingerprint density at radius 1 is 0.864 bits per heavy atom. The summed E-state index contributed by atoms with van der Waals surface area (Å²) < 4.78 is 2.21. The van der Waals surface area contributed by atoms with Crippen LogP contribution < -0.4 is 0 Å². The minimum Gasteiger partial charge on any atom is -0.317 e. The average Bonchev–Trinajstić information content (AvgIpc) is 2.87. The van der Waals surface area contributed by atoms with Gasteiger partial charge in [0, 0.05) is 5.56 Å². The predicted molar refractivity (Wildman–Crippen MR) is 85.3 cm³/mol. The van der Waals surface area contributed by atoms with Crippen molar-refractivity contribution in [1.29, 1.82) is 0 Å². The highest BCUT2D eigenvalue weighted by Crippen LogP contribution is 2.38. The molecule has 1 aliphatic heterocycles. The summed E-state index contributed by atoms with van der Waals surface area (Å²) in [6.07, 6.45) is 3.39. The first-order valence-electron chi connectivity index (χ1n) is 7.26. The van der Waals surface area contributed by atoms with Crippen LogP contribution in [0.3, 0.4) is 0 Å². The van der Waals surface area contributed by atoms with Crippen molar-refractivity contribution in [3.63, 3.8) is 0 Å². The van der Waals surface area contributed by atoms with Crippen molar-refractivity contribution in [2.75, 3.05) is 0 Å². The highest BCUT2D eigenvalue weighted by molar-refractivity contribution is 5.87. The molecule has 0 radical (unpaired) electrons. The molecule has 0 saturated heterocycles. The van der Waals surface area contributed by atoms with Gasteiger partial charge in [-0.2, -0.15) is 0 Å². The number of rotatable bonds is 0. The summed E-state index contributed by atoms with van der Waals surface area (Å²) in [5.41, 5.74) is 6.65. The summed E-state index contributed by atoms with van der Waals surface area (Å²) >= 11 is 0. The molecule has 0 saturated carbocycles. The van der Waals surface area contributed by atoms with Gasteiger partial charge in [-0.15, -0.1) is 0 Å². The van der Waals surface area contributed by atoms with E-state index < -0.39 is 0 Å². The lowest BCUT2D eigenvalue weighted by Gasteiger charge is -2.08. The fourth-order valence-electron chi connectivity index (χ4n) is 3.24. The molecule has 0 bridgehead atoms. The number of nitrogens with zero attached hydrogens (tertiary/aromatic N) is 4. The van der Waals surface area contributed by atoms with E-state index >= 15 is 0 Å². The van der Waals surface area contributed by atoms with Crippen LogP contribution >= 0.6 is 0 Å². The fraction of sp³-hybridized carbons (Fsp3) is 0.0556. The first-order valence-corrected chi connectivity index (χ1v) is 7.26. The molecular weight excluding hydrogens is 272 g/mol. The molecule has 0 amide bonds. The molecule has 4 aromatic rings. The predicted octanol–water partition coefficient (Wildman–Crippen LogP) is 3.52. The van der Waals surface area contributed by atoms with Gasteiger partial charge < -0.3 is 4.57 Å². The zero-order valence-corrected chi connectivity index (χ0v) is 11.8. The largest absolute Gasteiger partial charge is 0.317 e. The molecule has 0 aliphatic carbocycles. The normalized spacial score (nSPS) is 12.4. The van der Waals surface area contributed by atoms with E-state index in [2.05, 4.69) is 63.1 Å². The van der Waals surface area contributed by atoms with Gasteiger partial charge in [-0.25, -0.2) is 15.0 Å². The second-order valence-electron chi connectivity index (χ2n) is 5.46. The van der Waals surface area contributed by atoms with E-state index in [0.29, 0.717) is 0 Å². The van der Waals surface area contributed by atoms with Gasteiger partial charge in [0.15, 0.2) is 5.65 Å². The third-order valence-electron chi connectivity index (χ3n) is 4.23. The van der Waals surface area contributed by atoms with Crippen LogP contribution in [0.1, 0.15) is 5.56 Å². The number of benzene rings is 2. The Morgan fingerprint density at radius 2 is 1.64 bits per heavy atom. The molecular formula is C18H12N4. The molecule has 0 N–H and O–H groups in total. The Kier molecular flexibility index (Phi) is 2.24. The maximum atomic E-state index is 4.75. The van der Waals surface area contributed by atoms with Gasteiger partial charge in [0.05, 0.1) is 12.7 Å². The third kappa shape index (κ3) is 1.49. The van der Waals surface area contributed by atoms with Crippen molar-refractivity contribution < 1.29 is 0 Å². The van der Waals surface area contributed by atoms with Gasteiger partial charge in [-0.05, 0) is 16.7 Å². The molecule has 4 heteroatoms. The summed E-state index contributed by atoms with van der Waals surface area (Å²) in [6.45, 7) is 0.782. The van der Waals surface area contributed by atoms with Crippen molar-refractivity contribution in [1.82, 2.24) is 19.5 Å². The van der Waals surface area contributed by atoms with Gasteiger partial charge in [-0.1, -0.05) is 48.5 Å². The van der Waals surface area contributed by atoms with Crippen LogP contribution in [0.25, 0.3) is 33.7 Å². The van der Waals surface area contributed by atoms with Crippen molar-refractivity contribution in [2.45, 2.75) is 6.54 Å². The summed E-state index contributed by atoms with van der Waals surface area (Å²) in [5.74, 6) is 0.960. The molecule has 0 fully saturated rings. The smallest absolute Gasteiger partial charge is 0.181 e. The number of aromatic nitrogens is 4. The highest BCUT2D eigenvalue weighted by Gasteiger charge is 2.22. The number of imidazole rings is 1. The SMILES string of the molecule is c1ccc2c(c1)Cn1c(nc3ncncc31)-c1ccccc1-2. The third-order valence-corrected chi connectivity index (χ3v) is 4.23. The van der Waals surface area contributed by atoms with Crippen molar-refractivity contribution in [3.8, 4) is 22.5 Å². The molecule has 2 aromatic carbocycles. The van der Waals surface area contributed by atoms with Crippen LogP contribution in [0, 0.1) is 0 Å². The fourth-order valence-corrected chi connectivity index (χ4v) is 3.24. The van der Waals surface area contributed by atoms with Gasteiger partial charge in [-0.3, -0.25) is 0 Å². The maximum Gasteiger partial charge on any atom is 0.181 e. The molecule has 5 rings (SSSR count). The van der Waals surface area contributed by atoms with E-state index in [1.54, 1.807) is 6.33 Å². The van der Waals surface area contributed by atoms with Crippen molar-refractivity contribution in [3.05, 3.63) is 66.6 Å². The number of fused-ring (bicyclic) bond motifs is 7. The first-order chi connectivity index (χ1) is 10.9. The summed E-state index contributed by atoms with van der Waals surface area (Å²) in [5, 5.41) is 0. The van der Waals surface area contributed by atoms with Gasteiger partial charge >= 0.3 is 0 Å². The van der Waals surface area contributed by atoms with E-state index in [0.717, 1.165) is 29.1 Å². The minimum absolute atomic E-state index is 0.749. The van der Waals surface area contributed by atoms with Crippen LogP contribution in [-0.2, 0) is 6.54 Å². The number of hydrogen-bond acceptors (Lipinski definition) is 3. The molecule has 0 spiro atoms. The first kappa shape index (κ1) is 11.6. The van der Waals surface area contributed by atoms with E-state index in [4.69, 9.17) is 4.98 Å². The Morgan fingerprint density at radius 3 is 2.55 bits per heavy atom. The van der Waals surface area contributed by atoms with E-state index in [9.17, 15) is 0 Å². The second kappa shape index (κ2) is 4.24. The molecule has 1 aliphatic rings. The standard InChI is InChI=1S/C18H12N4/c1-2-6-13-12(5-1)10-22-16-9-19-11-20-17(16)21-18(22)15-8-4-3-7-14(13)15/h1-9,11H,10H2. The second-order valence-corrected chi connectivity index (χ2v) is 5.46. The minimum atomic E-state index is 0.749.